The smallest absolute Gasteiger partial charge is 0.133 e. The highest BCUT2D eigenvalue weighted by molar-refractivity contribution is 6.30. The highest BCUT2D eigenvalue weighted by Gasteiger charge is 2.12. The zero-order valence-corrected chi connectivity index (χ0v) is 9.91. The predicted octanol–water partition coefficient (Wildman–Crippen LogP) is 3.57. The lowest BCUT2D eigenvalue weighted by atomic mass is 9.92. The Hall–Kier alpha value is -1.51. The van der Waals surface area contributed by atoms with Crippen molar-refractivity contribution in [3.05, 3.63) is 34.9 Å². The molecule has 1 rings (SSSR count). The van der Waals surface area contributed by atoms with E-state index in [4.69, 9.17) is 22.1 Å². The Bertz CT molecular complexity index is 397. The van der Waals surface area contributed by atoms with Gasteiger partial charge in [-0.1, -0.05) is 30.7 Å². The summed E-state index contributed by atoms with van der Waals surface area (Å²) in [5.74, 6) is -0.173. The van der Waals surface area contributed by atoms with Crippen molar-refractivity contribution in [2.45, 2.75) is 19.8 Å². The van der Waals surface area contributed by atoms with Crippen LogP contribution >= 0.6 is 11.6 Å². The molecule has 1 aromatic carbocycles. The number of rotatable bonds is 4. The lowest BCUT2D eigenvalue weighted by Gasteiger charge is -2.11. The second-order valence-corrected chi connectivity index (χ2v) is 4.42. The van der Waals surface area contributed by atoms with Gasteiger partial charge in [0.1, 0.15) is 5.92 Å². The number of nitrogens with zero attached hydrogens (tertiary/aromatic N) is 2. The summed E-state index contributed by atoms with van der Waals surface area (Å²) in [6.45, 7) is 2.05. The molecule has 0 saturated heterocycles. The molecule has 0 radical (unpaired) electrons. The molecule has 0 spiro atoms. The Kier molecular flexibility index (Phi) is 4.83. The SMILES string of the molecule is CC(Cc1ccc(Cl)cc1)CC(C#N)C#N. The first-order chi connectivity index (χ1) is 7.65. The van der Waals surface area contributed by atoms with Crippen molar-refractivity contribution >= 4 is 11.6 Å². The van der Waals surface area contributed by atoms with Crippen molar-refractivity contribution < 1.29 is 0 Å². The summed E-state index contributed by atoms with van der Waals surface area (Å²) < 4.78 is 0. The van der Waals surface area contributed by atoms with Gasteiger partial charge in [0.2, 0.25) is 0 Å². The van der Waals surface area contributed by atoms with Gasteiger partial charge in [-0.25, -0.2) is 0 Å². The molecule has 0 N–H and O–H groups in total. The first kappa shape index (κ1) is 12.6. The normalized spacial score (nSPS) is 11.8. The van der Waals surface area contributed by atoms with E-state index in [9.17, 15) is 0 Å². The number of hydrogen-bond acceptors (Lipinski definition) is 2. The highest BCUT2D eigenvalue weighted by Crippen LogP contribution is 2.18. The van der Waals surface area contributed by atoms with E-state index in [1.165, 1.54) is 5.56 Å². The predicted molar refractivity (Wildman–Crippen MR) is 63.7 cm³/mol. The van der Waals surface area contributed by atoms with Crippen LogP contribution in [0.25, 0.3) is 0 Å². The number of nitriles is 2. The summed E-state index contributed by atoms with van der Waals surface area (Å²) in [6.07, 6.45) is 1.49. The molecule has 0 aliphatic rings. The molecule has 3 heteroatoms. The molecular weight excluding hydrogens is 220 g/mol. The zero-order valence-electron chi connectivity index (χ0n) is 9.15. The van der Waals surface area contributed by atoms with Gasteiger partial charge in [0, 0.05) is 5.02 Å². The van der Waals surface area contributed by atoms with Gasteiger partial charge in [0.15, 0.2) is 0 Å². The van der Waals surface area contributed by atoms with Crippen molar-refractivity contribution in [2.75, 3.05) is 0 Å². The van der Waals surface area contributed by atoms with Gasteiger partial charge in [-0.05, 0) is 36.5 Å². The second kappa shape index (κ2) is 6.16. The monoisotopic (exact) mass is 232 g/mol. The second-order valence-electron chi connectivity index (χ2n) is 3.98. The standard InChI is InChI=1S/C13H13ClN2/c1-10(7-12(8-15)9-16)6-11-2-4-13(14)5-3-11/h2-5,10,12H,6-7H2,1H3. The fourth-order valence-electron chi connectivity index (χ4n) is 1.64. The Labute approximate surface area is 101 Å². The van der Waals surface area contributed by atoms with E-state index in [2.05, 4.69) is 6.92 Å². The molecule has 0 bridgehead atoms. The Morgan fingerprint density at radius 2 is 1.75 bits per heavy atom. The van der Waals surface area contributed by atoms with Gasteiger partial charge >= 0.3 is 0 Å². The van der Waals surface area contributed by atoms with E-state index in [0.717, 1.165) is 11.4 Å². The molecule has 0 saturated carbocycles. The van der Waals surface area contributed by atoms with Crippen LogP contribution in [0.3, 0.4) is 0 Å². The summed E-state index contributed by atoms with van der Waals surface area (Å²) in [5, 5.41) is 18.1. The van der Waals surface area contributed by atoms with Crippen LogP contribution in [0, 0.1) is 34.5 Å². The quantitative estimate of drug-likeness (QED) is 0.797. The molecule has 82 valence electrons. The van der Waals surface area contributed by atoms with E-state index in [1.807, 2.05) is 36.4 Å². The molecule has 1 atom stereocenters. The van der Waals surface area contributed by atoms with Gasteiger partial charge in [0.25, 0.3) is 0 Å². The minimum absolute atomic E-state index is 0.325. The average molecular weight is 233 g/mol. The van der Waals surface area contributed by atoms with Crippen molar-refractivity contribution in [2.24, 2.45) is 11.8 Å². The fraction of sp³-hybridized carbons (Fsp3) is 0.385. The number of hydrogen-bond donors (Lipinski definition) is 0. The Morgan fingerprint density at radius 3 is 2.25 bits per heavy atom. The van der Waals surface area contributed by atoms with Gasteiger partial charge in [-0.15, -0.1) is 0 Å². The topological polar surface area (TPSA) is 47.6 Å². The van der Waals surface area contributed by atoms with E-state index < -0.39 is 5.92 Å². The van der Waals surface area contributed by atoms with E-state index in [-0.39, 0.29) is 0 Å². The molecule has 2 nitrogen and oxygen atoms in total. The van der Waals surface area contributed by atoms with Gasteiger partial charge in [0.05, 0.1) is 12.1 Å². The van der Waals surface area contributed by atoms with Gasteiger partial charge in [-0.2, -0.15) is 10.5 Å². The van der Waals surface area contributed by atoms with E-state index >= 15 is 0 Å². The lowest BCUT2D eigenvalue weighted by Crippen LogP contribution is -2.05. The molecule has 0 fully saturated rings. The third kappa shape index (κ3) is 3.93. The highest BCUT2D eigenvalue weighted by atomic mass is 35.5. The van der Waals surface area contributed by atoms with Gasteiger partial charge < -0.3 is 0 Å². The minimum atomic E-state index is -0.498. The molecule has 1 aromatic rings. The number of halogens is 1. The zero-order chi connectivity index (χ0) is 12.0. The largest absolute Gasteiger partial charge is 0.197 e. The molecule has 16 heavy (non-hydrogen) atoms. The first-order valence-electron chi connectivity index (χ1n) is 5.19. The summed E-state index contributed by atoms with van der Waals surface area (Å²) >= 11 is 5.79. The summed E-state index contributed by atoms with van der Waals surface area (Å²) in [7, 11) is 0. The third-order valence-corrected chi connectivity index (χ3v) is 2.70. The molecule has 0 aromatic heterocycles. The van der Waals surface area contributed by atoms with Crippen LogP contribution in [0.15, 0.2) is 24.3 Å². The number of benzene rings is 1. The van der Waals surface area contributed by atoms with E-state index in [0.29, 0.717) is 12.3 Å². The Balaban J connectivity index is 2.52. The average Bonchev–Trinajstić information content (AvgIpc) is 2.29. The van der Waals surface area contributed by atoms with Crippen LogP contribution < -0.4 is 0 Å². The third-order valence-electron chi connectivity index (χ3n) is 2.45. The van der Waals surface area contributed by atoms with Crippen molar-refractivity contribution in [1.82, 2.24) is 0 Å². The first-order valence-corrected chi connectivity index (χ1v) is 5.57. The van der Waals surface area contributed by atoms with Crippen LogP contribution in [0.5, 0.6) is 0 Å². The van der Waals surface area contributed by atoms with Crippen LogP contribution in [0.1, 0.15) is 18.9 Å². The van der Waals surface area contributed by atoms with Crippen molar-refractivity contribution in [3.8, 4) is 12.1 Å². The summed E-state index contributed by atoms with van der Waals surface area (Å²) in [4.78, 5) is 0. The molecular formula is C13H13ClN2. The van der Waals surface area contributed by atoms with E-state index in [1.54, 1.807) is 0 Å². The molecule has 1 unspecified atom stereocenters. The minimum Gasteiger partial charge on any atom is -0.197 e. The molecule has 0 aliphatic carbocycles. The van der Waals surface area contributed by atoms with Gasteiger partial charge in [-0.3, -0.25) is 0 Å². The maximum absolute atomic E-state index is 8.69. The molecule has 0 aliphatic heterocycles. The fourth-order valence-corrected chi connectivity index (χ4v) is 1.77. The van der Waals surface area contributed by atoms with Crippen molar-refractivity contribution in [1.29, 1.82) is 10.5 Å². The maximum Gasteiger partial charge on any atom is 0.133 e. The maximum atomic E-state index is 8.69. The Morgan fingerprint density at radius 1 is 1.19 bits per heavy atom. The summed E-state index contributed by atoms with van der Waals surface area (Å²) in [6, 6.07) is 11.7. The lowest BCUT2D eigenvalue weighted by molar-refractivity contribution is 0.497. The van der Waals surface area contributed by atoms with Crippen LogP contribution in [-0.4, -0.2) is 0 Å². The molecule has 0 amide bonds. The molecule has 0 heterocycles. The summed E-state index contributed by atoms with van der Waals surface area (Å²) in [5.41, 5.74) is 1.19. The van der Waals surface area contributed by atoms with Crippen LogP contribution in [0.4, 0.5) is 0 Å². The van der Waals surface area contributed by atoms with Crippen LogP contribution in [-0.2, 0) is 6.42 Å². The van der Waals surface area contributed by atoms with Crippen LogP contribution in [0.2, 0.25) is 5.02 Å². The van der Waals surface area contributed by atoms with Crippen molar-refractivity contribution in [3.63, 3.8) is 0 Å².